The number of aliphatic imine (C=N–C) groups is 2. The molecular weight excluding hydrogens is 563 g/mol. The summed E-state index contributed by atoms with van der Waals surface area (Å²) in [5.41, 5.74) is 1.60. The summed E-state index contributed by atoms with van der Waals surface area (Å²) in [6.07, 6.45) is 3.36. The zero-order valence-electron chi connectivity index (χ0n) is 19.9. The number of ether oxygens (including phenoxy) is 2. The van der Waals surface area contributed by atoms with E-state index in [1.807, 2.05) is 121 Å². The van der Waals surface area contributed by atoms with Crippen LogP contribution in [0.4, 0.5) is 11.4 Å². The first-order valence-corrected chi connectivity index (χ1v) is 14.4. The van der Waals surface area contributed by atoms with Gasteiger partial charge in [-0.3, -0.25) is 9.98 Å². The minimum absolute atomic E-state index is 0.194. The maximum atomic E-state index is 5.80. The van der Waals surface area contributed by atoms with Crippen molar-refractivity contribution < 1.29 is 27.0 Å². The molecule has 38 heavy (non-hydrogen) atoms. The first kappa shape index (κ1) is 27.2. The summed E-state index contributed by atoms with van der Waals surface area (Å²) >= 11 is 0.194. The summed E-state index contributed by atoms with van der Waals surface area (Å²) in [5, 5.41) is 0. The van der Waals surface area contributed by atoms with E-state index in [9.17, 15) is 0 Å². The van der Waals surface area contributed by atoms with Gasteiger partial charge in [-0.05, 0) is 84.9 Å². The van der Waals surface area contributed by atoms with Crippen molar-refractivity contribution in [1.29, 1.82) is 0 Å². The topological polar surface area (TPSA) is 56.3 Å². The van der Waals surface area contributed by atoms with E-state index in [1.165, 1.54) is 0 Å². The minimum atomic E-state index is 0.194. The predicted molar refractivity (Wildman–Crippen MR) is 151 cm³/mol. The number of hydrogen-bond donors (Lipinski definition) is 0. The average molecular weight is 585 g/mol. The monoisotopic (exact) mass is 584 g/mol. The molecule has 0 fully saturated rings. The van der Waals surface area contributed by atoms with Gasteiger partial charge in [0.15, 0.2) is 0 Å². The van der Waals surface area contributed by atoms with E-state index < -0.39 is 0 Å². The van der Waals surface area contributed by atoms with Crippen LogP contribution in [0.15, 0.2) is 136 Å². The normalized spacial score (nSPS) is 10.9. The molecule has 0 aliphatic heterocycles. The summed E-state index contributed by atoms with van der Waals surface area (Å²) < 4.78 is 17.4. The fourth-order valence-corrected chi connectivity index (χ4v) is 3.23. The molecule has 0 amide bonds. The van der Waals surface area contributed by atoms with E-state index in [0.29, 0.717) is 11.5 Å². The Morgan fingerprint density at radius 3 is 1.21 bits per heavy atom. The molecule has 0 aliphatic rings. The van der Waals surface area contributed by atoms with E-state index in [2.05, 4.69) is 9.98 Å². The van der Waals surface area contributed by atoms with Crippen LogP contribution in [-0.4, -0.2) is 12.4 Å². The number of rotatable bonds is 8. The van der Waals surface area contributed by atoms with E-state index >= 15 is 0 Å². The molecule has 1 aromatic heterocycles. The second-order valence-corrected chi connectivity index (χ2v) is 9.45. The summed E-state index contributed by atoms with van der Waals surface area (Å²) in [4.78, 5) is 8.94. The standard InChI is InChI=1S/C30H22N2O3.2ClH.Fe/c1-3-7-25(8-4-1)33-27-15-11-23(12-16-27)31-21-29-19-20-30(35-29)22-32-24-13-17-28(18-14-24)34-26-9-5-2-6-10-26;;;/h1-22H;2*1H;/q;;;+2/p-2. The molecule has 0 radical (unpaired) electrons. The van der Waals surface area contributed by atoms with Crippen LogP contribution >= 0.6 is 20.2 Å². The van der Waals surface area contributed by atoms with Crippen LogP contribution in [-0.2, 0) is 13.1 Å². The molecule has 0 atom stereocenters. The third kappa shape index (κ3) is 8.94. The molecule has 192 valence electrons. The molecule has 4 aromatic carbocycles. The molecule has 0 unspecified atom stereocenters. The van der Waals surface area contributed by atoms with Crippen molar-refractivity contribution in [1.82, 2.24) is 0 Å². The molecule has 0 saturated heterocycles. The van der Waals surface area contributed by atoms with Gasteiger partial charge in [0.2, 0.25) is 0 Å². The number of hydrogen-bond acceptors (Lipinski definition) is 5. The molecule has 5 nitrogen and oxygen atoms in total. The van der Waals surface area contributed by atoms with Gasteiger partial charge < -0.3 is 13.9 Å². The zero-order valence-corrected chi connectivity index (χ0v) is 22.5. The quantitative estimate of drug-likeness (QED) is 0.135. The van der Waals surface area contributed by atoms with Gasteiger partial charge in [-0.1, -0.05) is 36.4 Å². The molecule has 0 N–H and O–H groups in total. The van der Waals surface area contributed by atoms with Crippen molar-refractivity contribution in [2.24, 2.45) is 9.98 Å². The van der Waals surface area contributed by atoms with Gasteiger partial charge in [0, 0.05) is 0 Å². The Morgan fingerprint density at radius 1 is 0.500 bits per heavy atom. The summed E-state index contributed by atoms with van der Waals surface area (Å²) in [5.74, 6) is 4.39. The molecule has 8 heteroatoms. The van der Waals surface area contributed by atoms with Crippen molar-refractivity contribution in [3.8, 4) is 23.0 Å². The Labute approximate surface area is 236 Å². The van der Waals surface area contributed by atoms with Crippen LogP contribution in [0, 0.1) is 0 Å². The number of furan rings is 1. The second-order valence-electron chi connectivity index (χ2n) is 7.63. The average Bonchev–Trinajstić information content (AvgIpc) is 3.42. The van der Waals surface area contributed by atoms with E-state index in [0.717, 1.165) is 34.4 Å². The van der Waals surface area contributed by atoms with Crippen LogP contribution in [0.25, 0.3) is 0 Å². The molecule has 5 aromatic rings. The van der Waals surface area contributed by atoms with Gasteiger partial charge in [0.05, 0.1) is 23.8 Å². The molecule has 5 rings (SSSR count). The number of benzene rings is 4. The molecule has 0 saturated carbocycles. The van der Waals surface area contributed by atoms with Crippen LogP contribution in [0.1, 0.15) is 11.5 Å². The summed E-state index contributed by atoms with van der Waals surface area (Å²) in [6.45, 7) is 0. The van der Waals surface area contributed by atoms with Gasteiger partial charge in [0.1, 0.15) is 34.5 Å². The number of nitrogens with zero attached hydrogens (tertiary/aromatic N) is 2. The summed E-state index contributed by atoms with van der Waals surface area (Å²) in [6, 6.07) is 38.2. The first-order chi connectivity index (χ1) is 18.7. The molecule has 0 spiro atoms. The van der Waals surface area contributed by atoms with Crippen LogP contribution in [0.2, 0.25) is 0 Å². The molecular formula is C30H22Cl2FeN2O3. The zero-order chi connectivity index (χ0) is 26.4. The van der Waals surface area contributed by atoms with Gasteiger partial charge >= 0.3 is 33.3 Å². The maximum absolute atomic E-state index is 5.80. The van der Waals surface area contributed by atoms with Crippen LogP contribution < -0.4 is 9.47 Å². The third-order valence-electron chi connectivity index (χ3n) is 4.96. The fraction of sp³-hybridized carbons (Fsp3) is 0. The van der Waals surface area contributed by atoms with E-state index in [1.54, 1.807) is 12.4 Å². The Morgan fingerprint density at radius 2 is 0.842 bits per heavy atom. The Balaban J connectivity index is 0.00000107. The van der Waals surface area contributed by atoms with Gasteiger partial charge in [0.25, 0.3) is 0 Å². The summed E-state index contributed by atoms with van der Waals surface area (Å²) in [7, 11) is 9.53. The van der Waals surface area contributed by atoms with E-state index in [4.69, 9.17) is 34.1 Å². The van der Waals surface area contributed by atoms with Crippen molar-refractivity contribution in [2.75, 3.05) is 0 Å². The fourth-order valence-electron chi connectivity index (χ4n) is 3.23. The van der Waals surface area contributed by atoms with E-state index in [-0.39, 0.29) is 13.1 Å². The van der Waals surface area contributed by atoms with Crippen molar-refractivity contribution in [3.63, 3.8) is 0 Å². The van der Waals surface area contributed by atoms with Crippen LogP contribution in [0.5, 0.6) is 23.0 Å². The molecule has 1 heterocycles. The van der Waals surface area contributed by atoms with Crippen molar-refractivity contribution in [2.45, 2.75) is 0 Å². The molecule has 0 bridgehead atoms. The third-order valence-corrected chi connectivity index (χ3v) is 4.96. The SMILES string of the molecule is C(=Nc1ccc(Oc2ccccc2)cc1)c1ccc(C=Nc2ccc(Oc3ccccc3)cc2)o1.[Cl][Fe][Cl]. The molecule has 0 aliphatic carbocycles. The van der Waals surface area contributed by atoms with Crippen molar-refractivity contribution >= 4 is 44.0 Å². The van der Waals surface area contributed by atoms with Gasteiger partial charge in [-0.2, -0.15) is 0 Å². The Bertz CT molecular complexity index is 1330. The second kappa shape index (κ2) is 14.8. The Kier molecular flexibility index (Phi) is 10.6. The van der Waals surface area contributed by atoms with Gasteiger partial charge in [-0.15, -0.1) is 0 Å². The number of para-hydroxylation sites is 2. The Hall–Kier alpha value is -3.80. The van der Waals surface area contributed by atoms with Crippen LogP contribution in [0.3, 0.4) is 0 Å². The van der Waals surface area contributed by atoms with Gasteiger partial charge in [-0.25, -0.2) is 0 Å². The van der Waals surface area contributed by atoms with Crippen molar-refractivity contribution in [3.05, 3.63) is 133 Å². The first-order valence-electron chi connectivity index (χ1n) is 11.4. The number of halogens is 2. The predicted octanol–water partition coefficient (Wildman–Crippen LogP) is 9.74.